The number of rotatable bonds is 8. The Hall–Kier alpha value is -1.45. The van der Waals surface area contributed by atoms with E-state index in [0.717, 1.165) is 37.0 Å². The molecule has 146 valence electrons. The van der Waals surface area contributed by atoms with Crippen LogP contribution >= 0.6 is 11.3 Å². The van der Waals surface area contributed by atoms with Crippen molar-refractivity contribution in [3.05, 3.63) is 17.5 Å². The van der Waals surface area contributed by atoms with Crippen LogP contribution in [-0.4, -0.2) is 50.8 Å². The molecule has 0 saturated carbocycles. The van der Waals surface area contributed by atoms with Crippen LogP contribution < -0.4 is 10.0 Å². The molecule has 1 aromatic rings. The van der Waals surface area contributed by atoms with Gasteiger partial charge >= 0.3 is 0 Å². The molecule has 0 spiro atoms. The summed E-state index contributed by atoms with van der Waals surface area (Å²) in [5.74, 6) is -0.563. The summed E-state index contributed by atoms with van der Waals surface area (Å²) in [4.78, 5) is 26.4. The van der Waals surface area contributed by atoms with E-state index in [-0.39, 0.29) is 34.5 Å². The van der Waals surface area contributed by atoms with Gasteiger partial charge in [0.15, 0.2) is 0 Å². The van der Waals surface area contributed by atoms with Crippen LogP contribution in [0.1, 0.15) is 39.5 Å². The average Bonchev–Trinajstić information content (AvgIpc) is 3.16. The minimum absolute atomic E-state index is 0.00608. The first-order valence-electron chi connectivity index (χ1n) is 8.95. The summed E-state index contributed by atoms with van der Waals surface area (Å²) in [7, 11) is -3.67. The number of piperidine rings is 1. The summed E-state index contributed by atoms with van der Waals surface area (Å²) in [5.41, 5.74) is 0. The number of likely N-dealkylation sites (tertiary alicyclic amines) is 1. The molecule has 0 aliphatic carbocycles. The quantitative estimate of drug-likeness (QED) is 0.647. The van der Waals surface area contributed by atoms with E-state index < -0.39 is 10.0 Å². The number of thiophene rings is 1. The Balaban J connectivity index is 1.91. The Labute approximate surface area is 159 Å². The fraction of sp³-hybridized carbons (Fsp3) is 0.647. The second-order valence-electron chi connectivity index (χ2n) is 6.57. The van der Waals surface area contributed by atoms with Crippen molar-refractivity contribution in [1.29, 1.82) is 0 Å². The third-order valence-corrected chi connectivity index (χ3v) is 7.37. The highest BCUT2D eigenvalue weighted by Gasteiger charge is 2.32. The van der Waals surface area contributed by atoms with E-state index >= 15 is 0 Å². The van der Waals surface area contributed by atoms with Crippen molar-refractivity contribution < 1.29 is 18.0 Å². The first-order chi connectivity index (χ1) is 12.3. The predicted octanol–water partition coefficient (Wildman–Crippen LogP) is 1.57. The Morgan fingerprint density at radius 2 is 2.12 bits per heavy atom. The van der Waals surface area contributed by atoms with Crippen LogP contribution in [-0.2, 0) is 19.6 Å². The van der Waals surface area contributed by atoms with Crippen molar-refractivity contribution >= 4 is 33.2 Å². The van der Waals surface area contributed by atoms with E-state index in [4.69, 9.17) is 0 Å². The largest absolute Gasteiger partial charge is 0.356 e. The van der Waals surface area contributed by atoms with Gasteiger partial charge in [0.1, 0.15) is 4.21 Å². The molecule has 2 unspecified atom stereocenters. The van der Waals surface area contributed by atoms with Gasteiger partial charge in [0, 0.05) is 19.1 Å². The Bertz CT molecular complexity index is 704. The maximum atomic E-state index is 12.5. The van der Waals surface area contributed by atoms with Gasteiger partial charge in [0.25, 0.3) is 10.0 Å². The zero-order valence-electron chi connectivity index (χ0n) is 15.2. The third kappa shape index (κ3) is 5.52. The smallest absolute Gasteiger partial charge is 0.250 e. The van der Waals surface area contributed by atoms with Crippen LogP contribution in [0, 0.1) is 5.92 Å². The van der Waals surface area contributed by atoms with Crippen LogP contribution in [0.15, 0.2) is 21.7 Å². The number of amides is 2. The Morgan fingerprint density at radius 3 is 2.77 bits per heavy atom. The number of hydrogen-bond acceptors (Lipinski definition) is 5. The van der Waals surface area contributed by atoms with E-state index in [1.54, 1.807) is 16.3 Å². The van der Waals surface area contributed by atoms with Gasteiger partial charge in [-0.2, -0.15) is 0 Å². The summed E-state index contributed by atoms with van der Waals surface area (Å²) in [6.07, 6.45) is 3.41. The van der Waals surface area contributed by atoms with Crippen molar-refractivity contribution in [2.24, 2.45) is 5.92 Å². The maximum absolute atomic E-state index is 12.5. The van der Waals surface area contributed by atoms with Crippen molar-refractivity contribution in [2.75, 3.05) is 19.6 Å². The highest BCUT2D eigenvalue weighted by atomic mass is 32.2. The SMILES string of the molecule is CCCCNC(=O)C1CCC(C)N(C(=O)CNS(=O)(=O)c2cccs2)C1. The molecule has 2 amide bonds. The van der Waals surface area contributed by atoms with Gasteiger partial charge in [-0.1, -0.05) is 19.4 Å². The molecule has 1 aliphatic heterocycles. The minimum atomic E-state index is -3.67. The molecule has 26 heavy (non-hydrogen) atoms. The predicted molar refractivity (Wildman–Crippen MR) is 101 cm³/mol. The van der Waals surface area contributed by atoms with Crippen molar-refractivity contribution in [1.82, 2.24) is 14.9 Å². The van der Waals surface area contributed by atoms with Gasteiger partial charge in [-0.3, -0.25) is 9.59 Å². The lowest BCUT2D eigenvalue weighted by Crippen LogP contribution is -2.52. The van der Waals surface area contributed by atoms with Crippen LogP contribution in [0.5, 0.6) is 0 Å². The van der Waals surface area contributed by atoms with Crippen LogP contribution in [0.4, 0.5) is 0 Å². The van der Waals surface area contributed by atoms with E-state index in [2.05, 4.69) is 17.0 Å². The average molecular weight is 402 g/mol. The van der Waals surface area contributed by atoms with Gasteiger partial charge in [-0.05, 0) is 37.6 Å². The Morgan fingerprint density at radius 1 is 1.35 bits per heavy atom. The lowest BCUT2D eigenvalue weighted by molar-refractivity contribution is -0.137. The molecule has 2 N–H and O–H groups in total. The van der Waals surface area contributed by atoms with Crippen LogP contribution in [0.2, 0.25) is 0 Å². The topological polar surface area (TPSA) is 95.6 Å². The molecule has 1 saturated heterocycles. The molecule has 1 fully saturated rings. The normalized spacial score (nSPS) is 20.8. The number of sulfonamides is 1. The van der Waals surface area contributed by atoms with E-state index in [9.17, 15) is 18.0 Å². The summed E-state index contributed by atoms with van der Waals surface area (Å²) in [6, 6.07) is 3.14. The molecule has 7 nitrogen and oxygen atoms in total. The number of nitrogens with zero attached hydrogens (tertiary/aromatic N) is 1. The van der Waals surface area contributed by atoms with Gasteiger partial charge < -0.3 is 10.2 Å². The van der Waals surface area contributed by atoms with Gasteiger partial charge in [-0.25, -0.2) is 13.1 Å². The lowest BCUT2D eigenvalue weighted by Gasteiger charge is -2.37. The first kappa shape index (κ1) is 20.9. The summed E-state index contributed by atoms with van der Waals surface area (Å²) < 4.78 is 26.8. The summed E-state index contributed by atoms with van der Waals surface area (Å²) >= 11 is 1.10. The molecule has 9 heteroatoms. The standard InChI is InChI=1S/C17H27N3O4S2/c1-3-4-9-18-17(22)14-8-7-13(2)20(12-14)15(21)11-19-26(23,24)16-6-5-10-25-16/h5-6,10,13-14,19H,3-4,7-9,11-12H2,1-2H3,(H,18,22). The van der Waals surface area contributed by atoms with E-state index in [0.29, 0.717) is 13.1 Å². The number of hydrogen-bond donors (Lipinski definition) is 2. The molecule has 2 rings (SSSR count). The number of unbranched alkanes of at least 4 members (excludes halogenated alkanes) is 1. The van der Waals surface area contributed by atoms with Crippen molar-refractivity contribution in [3.63, 3.8) is 0 Å². The zero-order valence-corrected chi connectivity index (χ0v) is 16.9. The monoisotopic (exact) mass is 401 g/mol. The number of carbonyl (C=O) groups excluding carboxylic acids is 2. The highest BCUT2D eigenvalue weighted by Crippen LogP contribution is 2.22. The zero-order chi connectivity index (χ0) is 19.2. The second kappa shape index (κ2) is 9.48. The number of nitrogens with one attached hydrogen (secondary N) is 2. The fourth-order valence-electron chi connectivity index (χ4n) is 2.95. The fourth-order valence-corrected chi connectivity index (χ4v) is 4.96. The first-order valence-corrected chi connectivity index (χ1v) is 11.3. The lowest BCUT2D eigenvalue weighted by atomic mass is 9.92. The van der Waals surface area contributed by atoms with E-state index in [1.165, 1.54) is 6.07 Å². The van der Waals surface area contributed by atoms with Gasteiger partial charge in [-0.15, -0.1) is 11.3 Å². The second-order valence-corrected chi connectivity index (χ2v) is 9.51. The molecular weight excluding hydrogens is 374 g/mol. The third-order valence-electron chi connectivity index (χ3n) is 4.58. The Kier molecular flexibility index (Phi) is 7.60. The molecule has 2 atom stereocenters. The summed E-state index contributed by atoms with van der Waals surface area (Å²) in [5, 5.41) is 4.59. The molecule has 1 aromatic heterocycles. The van der Waals surface area contributed by atoms with Gasteiger partial charge in [0.2, 0.25) is 11.8 Å². The molecule has 0 bridgehead atoms. The molecule has 0 aromatic carbocycles. The highest BCUT2D eigenvalue weighted by molar-refractivity contribution is 7.91. The molecule has 2 heterocycles. The number of carbonyl (C=O) groups is 2. The molecule has 0 radical (unpaired) electrons. The summed E-state index contributed by atoms with van der Waals surface area (Å²) in [6.45, 7) is 4.67. The van der Waals surface area contributed by atoms with Crippen LogP contribution in [0.3, 0.4) is 0 Å². The van der Waals surface area contributed by atoms with Gasteiger partial charge in [0.05, 0.1) is 12.5 Å². The van der Waals surface area contributed by atoms with E-state index in [1.807, 2.05) is 6.92 Å². The molecule has 1 aliphatic rings. The van der Waals surface area contributed by atoms with Crippen LogP contribution in [0.25, 0.3) is 0 Å². The molecular formula is C17H27N3O4S2. The maximum Gasteiger partial charge on any atom is 0.250 e. The van der Waals surface area contributed by atoms with Crippen molar-refractivity contribution in [3.8, 4) is 0 Å². The van der Waals surface area contributed by atoms with Crippen molar-refractivity contribution in [2.45, 2.75) is 49.8 Å². The minimum Gasteiger partial charge on any atom is -0.356 e.